The maximum Gasteiger partial charge on any atom is 0.126 e. The normalized spacial score (nSPS) is 26.6. The fraction of sp³-hybridized carbons (Fsp3) is 0.600. The molecular weight excluding hydrogens is 264 g/mol. The summed E-state index contributed by atoms with van der Waals surface area (Å²) in [7, 11) is 0. The second kappa shape index (κ2) is 5.31. The Morgan fingerprint density at radius 3 is 3.00 bits per heavy atom. The van der Waals surface area contributed by atoms with Crippen LogP contribution in [0.4, 0.5) is 0 Å². The van der Waals surface area contributed by atoms with E-state index in [1.54, 1.807) is 0 Å². The summed E-state index contributed by atoms with van der Waals surface area (Å²) in [6.07, 6.45) is 3.85. The van der Waals surface area contributed by atoms with Gasteiger partial charge in [-0.15, -0.1) is 0 Å². The van der Waals surface area contributed by atoms with Crippen LogP contribution in [0.3, 0.4) is 0 Å². The molecule has 0 spiro atoms. The fourth-order valence-electron chi connectivity index (χ4n) is 3.00. The molecule has 0 saturated carbocycles. The van der Waals surface area contributed by atoms with Crippen LogP contribution < -0.4 is 4.74 Å². The predicted molar refractivity (Wildman–Crippen MR) is 74.0 cm³/mol. The first-order chi connectivity index (χ1) is 9.16. The highest BCUT2D eigenvalue weighted by atomic mass is 35.5. The van der Waals surface area contributed by atoms with Crippen LogP contribution in [-0.4, -0.2) is 30.5 Å². The molecule has 1 N–H and O–H groups in total. The summed E-state index contributed by atoms with van der Waals surface area (Å²) >= 11 is 6.16. The van der Waals surface area contributed by atoms with Crippen molar-refractivity contribution >= 4 is 11.6 Å². The Balaban J connectivity index is 1.86. The monoisotopic (exact) mass is 282 g/mol. The summed E-state index contributed by atoms with van der Waals surface area (Å²) in [6.45, 7) is 2.08. The third-order valence-corrected chi connectivity index (χ3v) is 4.21. The molecular formula is C15H19ClO3. The number of hydrogen-bond acceptors (Lipinski definition) is 3. The Hall–Kier alpha value is -0.770. The summed E-state index contributed by atoms with van der Waals surface area (Å²) in [6, 6.07) is 3.89. The molecule has 2 aliphatic rings. The Bertz CT molecular complexity index is 465. The molecule has 3 nitrogen and oxygen atoms in total. The molecule has 1 fully saturated rings. The molecule has 19 heavy (non-hydrogen) atoms. The zero-order valence-corrected chi connectivity index (χ0v) is 11.7. The van der Waals surface area contributed by atoms with Gasteiger partial charge in [0.15, 0.2) is 0 Å². The molecule has 1 aromatic carbocycles. The van der Waals surface area contributed by atoms with E-state index in [4.69, 9.17) is 21.1 Å². The topological polar surface area (TPSA) is 38.7 Å². The number of aliphatic hydroxyl groups is 1. The van der Waals surface area contributed by atoms with Crippen molar-refractivity contribution < 1.29 is 14.6 Å². The van der Waals surface area contributed by atoms with Gasteiger partial charge in [0.1, 0.15) is 5.75 Å². The number of rotatable bonds is 2. The Labute approximate surface area is 118 Å². The van der Waals surface area contributed by atoms with E-state index in [1.807, 2.05) is 12.1 Å². The highest BCUT2D eigenvalue weighted by molar-refractivity contribution is 6.30. The first kappa shape index (κ1) is 13.2. The van der Waals surface area contributed by atoms with Crippen molar-refractivity contribution in [2.75, 3.05) is 19.8 Å². The summed E-state index contributed by atoms with van der Waals surface area (Å²) in [5.74, 6) is 0.933. The van der Waals surface area contributed by atoms with Crippen LogP contribution in [-0.2, 0) is 17.6 Å². The minimum absolute atomic E-state index is 0.596. The molecule has 0 radical (unpaired) electrons. The van der Waals surface area contributed by atoms with Gasteiger partial charge in [0.05, 0.1) is 12.2 Å². The van der Waals surface area contributed by atoms with Crippen LogP contribution in [0.1, 0.15) is 30.4 Å². The molecule has 104 valence electrons. The smallest absolute Gasteiger partial charge is 0.126 e. The molecule has 1 aromatic rings. The van der Waals surface area contributed by atoms with E-state index >= 15 is 0 Å². The summed E-state index contributed by atoms with van der Waals surface area (Å²) in [4.78, 5) is 0. The second-order valence-corrected chi connectivity index (χ2v) is 5.96. The van der Waals surface area contributed by atoms with Crippen molar-refractivity contribution in [3.63, 3.8) is 0 Å². The number of ether oxygens (including phenoxy) is 2. The lowest BCUT2D eigenvalue weighted by Gasteiger charge is -2.27. The lowest BCUT2D eigenvalue weighted by atomic mass is 9.87. The van der Waals surface area contributed by atoms with Gasteiger partial charge in [-0.3, -0.25) is 0 Å². The molecule has 1 saturated heterocycles. The number of fused-ring (bicyclic) bond motifs is 1. The van der Waals surface area contributed by atoms with Crippen LogP contribution in [0, 0.1) is 0 Å². The van der Waals surface area contributed by atoms with Crippen LogP contribution in [0.2, 0.25) is 5.02 Å². The van der Waals surface area contributed by atoms with Crippen LogP contribution in [0.25, 0.3) is 0 Å². The minimum atomic E-state index is -0.694. The van der Waals surface area contributed by atoms with E-state index in [9.17, 15) is 5.11 Å². The molecule has 1 atom stereocenters. The fourth-order valence-corrected chi connectivity index (χ4v) is 3.26. The standard InChI is InChI=1S/C15H19ClO3/c16-13-8-11-2-6-19-14(11)12(9-13)10-15(17)3-1-5-18-7-4-15/h8-9,17H,1-7,10H2. The summed E-state index contributed by atoms with van der Waals surface area (Å²) < 4.78 is 11.1. The van der Waals surface area contributed by atoms with Crippen molar-refractivity contribution in [3.05, 3.63) is 28.3 Å². The van der Waals surface area contributed by atoms with E-state index in [0.29, 0.717) is 26.1 Å². The molecule has 4 heteroatoms. The van der Waals surface area contributed by atoms with Gasteiger partial charge in [-0.05, 0) is 42.5 Å². The van der Waals surface area contributed by atoms with Gasteiger partial charge >= 0.3 is 0 Å². The van der Waals surface area contributed by atoms with Crippen molar-refractivity contribution in [2.45, 2.75) is 37.7 Å². The SMILES string of the molecule is OC1(Cc2cc(Cl)cc3c2OCC3)CCCOCC1. The van der Waals surface area contributed by atoms with E-state index < -0.39 is 5.60 Å². The molecule has 1 unspecified atom stereocenters. The zero-order chi connectivity index (χ0) is 13.3. The summed E-state index contributed by atoms with van der Waals surface area (Å²) in [5.41, 5.74) is 1.50. The van der Waals surface area contributed by atoms with Crippen molar-refractivity contribution in [3.8, 4) is 5.75 Å². The minimum Gasteiger partial charge on any atom is -0.493 e. The van der Waals surface area contributed by atoms with Crippen LogP contribution in [0.15, 0.2) is 12.1 Å². The molecule has 0 aromatic heterocycles. The quantitative estimate of drug-likeness (QED) is 0.906. The Morgan fingerprint density at radius 1 is 1.21 bits per heavy atom. The van der Waals surface area contributed by atoms with Crippen LogP contribution in [0.5, 0.6) is 5.75 Å². The average Bonchev–Trinajstić information content (AvgIpc) is 2.72. The average molecular weight is 283 g/mol. The third-order valence-electron chi connectivity index (χ3n) is 3.99. The molecule has 2 aliphatic heterocycles. The van der Waals surface area contributed by atoms with Gasteiger partial charge in [-0.25, -0.2) is 0 Å². The zero-order valence-electron chi connectivity index (χ0n) is 11.0. The predicted octanol–water partition coefficient (Wildman–Crippen LogP) is 2.75. The van der Waals surface area contributed by atoms with Gasteiger partial charge < -0.3 is 14.6 Å². The number of hydrogen-bond donors (Lipinski definition) is 1. The maximum absolute atomic E-state index is 10.7. The van der Waals surface area contributed by atoms with Gasteiger partial charge in [-0.1, -0.05) is 11.6 Å². The van der Waals surface area contributed by atoms with Gasteiger partial charge in [-0.2, -0.15) is 0 Å². The first-order valence-corrected chi connectivity index (χ1v) is 7.28. The van der Waals surface area contributed by atoms with Gasteiger partial charge in [0, 0.05) is 31.1 Å². The first-order valence-electron chi connectivity index (χ1n) is 6.91. The molecule has 0 bridgehead atoms. The van der Waals surface area contributed by atoms with E-state index in [2.05, 4.69) is 0 Å². The summed E-state index contributed by atoms with van der Waals surface area (Å²) in [5, 5.41) is 11.5. The second-order valence-electron chi connectivity index (χ2n) is 5.52. The molecule has 2 heterocycles. The molecule has 0 amide bonds. The van der Waals surface area contributed by atoms with Gasteiger partial charge in [0.2, 0.25) is 0 Å². The van der Waals surface area contributed by atoms with Crippen molar-refractivity contribution in [1.29, 1.82) is 0 Å². The molecule has 3 rings (SSSR count). The Kier molecular flexibility index (Phi) is 3.70. The lowest BCUT2D eigenvalue weighted by Crippen LogP contribution is -2.31. The number of halogens is 1. The molecule has 0 aliphatic carbocycles. The van der Waals surface area contributed by atoms with Gasteiger partial charge in [0.25, 0.3) is 0 Å². The Morgan fingerprint density at radius 2 is 2.11 bits per heavy atom. The lowest BCUT2D eigenvalue weighted by molar-refractivity contribution is 0.0184. The highest BCUT2D eigenvalue weighted by Crippen LogP contribution is 2.36. The largest absolute Gasteiger partial charge is 0.493 e. The number of benzene rings is 1. The third kappa shape index (κ3) is 2.88. The van der Waals surface area contributed by atoms with E-state index in [-0.39, 0.29) is 0 Å². The van der Waals surface area contributed by atoms with E-state index in [1.165, 1.54) is 0 Å². The maximum atomic E-state index is 10.7. The van der Waals surface area contributed by atoms with Crippen molar-refractivity contribution in [2.24, 2.45) is 0 Å². The van der Waals surface area contributed by atoms with Crippen LogP contribution >= 0.6 is 11.6 Å². The van der Waals surface area contributed by atoms with E-state index in [0.717, 1.165) is 47.8 Å². The van der Waals surface area contributed by atoms with Crippen molar-refractivity contribution in [1.82, 2.24) is 0 Å². The highest BCUT2D eigenvalue weighted by Gasteiger charge is 2.31.